The molecule has 7 nitrogen and oxygen atoms in total. The van der Waals surface area contributed by atoms with Gasteiger partial charge in [0.2, 0.25) is 11.8 Å². The molecule has 0 aromatic heterocycles. The number of anilines is 1. The molecular formula is C19H26N2O5. The first-order valence-corrected chi connectivity index (χ1v) is 9.14. The molecule has 0 saturated heterocycles. The third-order valence-electron chi connectivity index (χ3n) is 4.88. The van der Waals surface area contributed by atoms with Crippen molar-refractivity contribution >= 4 is 17.5 Å². The van der Waals surface area contributed by atoms with E-state index >= 15 is 0 Å². The van der Waals surface area contributed by atoms with Crippen LogP contribution in [0.4, 0.5) is 5.69 Å². The minimum Gasteiger partial charge on any atom is -0.486 e. The van der Waals surface area contributed by atoms with Crippen molar-refractivity contribution in [2.24, 2.45) is 11.8 Å². The first kappa shape index (κ1) is 18.5. The van der Waals surface area contributed by atoms with Crippen molar-refractivity contribution in [3.63, 3.8) is 0 Å². The standard InChI is InChI=1S/C19H26N2O5/c1-24-9-8-20-18(22)13-2-4-14(5-3-13)19(23)21-15-6-7-16-17(12-15)26-11-10-25-16/h6-7,12-14H,2-5,8-11H2,1H3,(H,20,22)(H,21,23). The van der Waals surface area contributed by atoms with Crippen LogP contribution < -0.4 is 20.1 Å². The number of amides is 2. The van der Waals surface area contributed by atoms with E-state index in [1.165, 1.54) is 0 Å². The van der Waals surface area contributed by atoms with Crippen LogP contribution in [0.2, 0.25) is 0 Å². The lowest BCUT2D eigenvalue weighted by Crippen LogP contribution is -2.36. The van der Waals surface area contributed by atoms with Gasteiger partial charge in [0.15, 0.2) is 11.5 Å². The van der Waals surface area contributed by atoms with Gasteiger partial charge >= 0.3 is 0 Å². The highest BCUT2D eigenvalue weighted by molar-refractivity contribution is 5.93. The molecule has 0 atom stereocenters. The predicted octanol–water partition coefficient (Wildman–Crippen LogP) is 1.97. The van der Waals surface area contributed by atoms with E-state index in [2.05, 4.69) is 10.6 Å². The molecule has 1 fully saturated rings. The summed E-state index contributed by atoms with van der Waals surface area (Å²) in [6, 6.07) is 5.42. The van der Waals surface area contributed by atoms with Gasteiger partial charge in [0.25, 0.3) is 0 Å². The molecule has 0 spiro atoms. The van der Waals surface area contributed by atoms with Gasteiger partial charge in [-0.2, -0.15) is 0 Å². The van der Waals surface area contributed by atoms with Gasteiger partial charge in [0.05, 0.1) is 6.61 Å². The normalized spacial score (nSPS) is 21.7. The fourth-order valence-corrected chi connectivity index (χ4v) is 3.40. The number of carbonyl (C=O) groups excluding carboxylic acids is 2. The summed E-state index contributed by atoms with van der Waals surface area (Å²) in [4.78, 5) is 24.6. The quantitative estimate of drug-likeness (QED) is 0.756. The smallest absolute Gasteiger partial charge is 0.227 e. The summed E-state index contributed by atoms with van der Waals surface area (Å²) in [5, 5.41) is 5.83. The topological polar surface area (TPSA) is 85.9 Å². The van der Waals surface area contributed by atoms with Crippen molar-refractivity contribution in [3.8, 4) is 11.5 Å². The lowest BCUT2D eigenvalue weighted by molar-refractivity contribution is -0.128. The molecular weight excluding hydrogens is 336 g/mol. The summed E-state index contributed by atoms with van der Waals surface area (Å²) >= 11 is 0. The predicted molar refractivity (Wildman–Crippen MR) is 96.4 cm³/mol. The summed E-state index contributed by atoms with van der Waals surface area (Å²) in [6.45, 7) is 2.10. The minimum atomic E-state index is -0.0637. The molecule has 7 heteroatoms. The Kier molecular flexibility index (Phi) is 6.33. The van der Waals surface area contributed by atoms with Crippen LogP contribution in [0.15, 0.2) is 18.2 Å². The third-order valence-corrected chi connectivity index (χ3v) is 4.88. The van der Waals surface area contributed by atoms with E-state index in [1.54, 1.807) is 13.2 Å². The van der Waals surface area contributed by atoms with E-state index in [4.69, 9.17) is 14.2 Å². The SMILES string of the molecule is COCCNC(=O)C1CCC(C(=O)Nc2ccc3c(c2)OCCO3)CC1. The average Bonchev–Trinajstić information content (AvgIpc) is 2.68. The van der Waals surface area contributed by atoms with Gasteiger partial charge in [0.1, 0.15) is 13.2 Å². The molecule has 0 unspecified atom stereocenters. The highest BCUT2D eigenvalue weighted by atomic mass is 16.6. The first-order valence-electron chi connectivity index (χ1n) is 9.14. The molecule has 1 heterocycles. The molecule has 0 bridgehead atoms. The van der Waals surface area contributed by atoms with Crippen molar-refractivity contribution in [2.45, 2.75) is 25.7 Å². The summed E-state index contributed by atoms with van der Waals surface area (Å²) < 4.78 is 16.0. The average molecular weight is 362 g/mol. The largest absolute Gasteiger partial charge is 0.486 e. The van der Waals surface area contributed by atoms with Crippen LogP contribution in [0.3, 0.4) is 0 Å². The third kappa shape index (κ3) is 4.66. The van der Waals surface area contributed by atoms with Crippen molar-refractivity contribution in [2.75, 3.05) is 38.8 Å². The molecule has 1 aromatic rings. The molecule has 2 amide bonds. The molecule has 1 saturated carbocycles. The Bertz CT molecular complexity index is 641. The lowest BCUT2D eigenvalue weighted by Gasteiger charge is -2.27. The second-order valence-electron chi connectivity index (χ2n) is 6.68. The van der Waals surface area contributed by atoms with E-state index in [-0.39, 0.29) is 23.7 Å². The van der Waals surface area contributed by atoms with Gasteiger partial charge < -0.3 is 24.8 Å². The maximum Gasteiger partial charge on any atom is 0.227 e. The molecule has 1 aliphatic heterocycles. The van der Waals surface area contributed by atoms with Crippen LogP contribution in [0.1, 0.15) is 25.7 Å². The van der Waals surface area contributed by atoms with Gasteiger partial charge in [-0.15, -0.1) is 0 Å². The fourth-order valence-electron chi connectivity index (χ4n) is 3.40. The monoisotopic (exact) mass is 362 g/mol. The second kappa shape index (κ2) is 8.89. The van der Waals surface area contributed by atoms with Crippen LogP contribution in [-0.2, 0) is 14.3 Å². The van der Waals surface area contributed by atoms with Crippen molar-refractivity contribution in [1.29, 1.82) is 0 Å². The van der Waals surface area contributed by atoms with Gasteiger partial charge in [-0.05, 0) is 37.8 Å². The number of benzene rings is 1. The number of hydrogen-bond acceptors (Lipinski definition) is 5. The maximum atomic E-state index is 12.5. The summed E-state index contributed by atoms with van der Waals surface area (Å²) in [5.41, 5.74) is 0.707. The maximum absolute atomic E-state index is 12.5. The number of carbonyl (C=O) groups is 2. The van der Waals surface area contributed by atoms with E-state index in [9.17, 15) is 9.59 Å². The lowest BCUT2D eigenvalue weighted by atomic mass is 9.81. The van der Waals surface area contributed by atoms with Crippen molar-refractivity contribution in [3.05, 3.63) is 18.2 Å². The van der Waals surface area contributed by atoms with Crippen molar-refractivity contribution < 1.29 is 23.8 Å². The number of nitrogens with one attached hydrogen (secondary N) is 2. The Labute approximate surface area is 153 Å². The van der Waals surface area contributed by atoms with Gasteiger partial charge in [-0.1, -0.05) is 0 Å². The Balaban J connectivity index is 1.47. The molecule has 0 radical (unpaired) electrons. The van der Waals surface area contributed by atoms with E-state index < -0.39 is 0 Å². The number of ether oxygens (including phenoxy) is 3. The molecule has 1 aliphatic carbocycles. The van der Waals surface area contributed by atoms with Crippen LogP contribution in [0.5, 0.6) is 11.5 Å². The van der Waals surface area contributed by atoms with Gasteiger partial charge in [-0.3, -0.25) is 9.59 Å². The second-order valence-corrected chi connectivity index (χ2v) is 6.68. The van der Waals surface area contributed by atoms with Crippen LogP contribution in [0, 0.1) is 11.8 Å². The summed E-state index contributed by atoms with van der Waals surface area (Å²) in [6.07, 6.45) is 2.91. The number of rotatable bonds is 6. The Morgan fingerprint density at radius 2 is 1.69 bits per heavy atom. The number of fused-ring (bicyclic) bond motifs is 1. The zero-order valence-electron chi connectivity index (χ0n) is 15.1. The Morgan fingerprint density at radius 1 is 1.04 bits per heavy atom. The fraction of sp³-hybridized carbons (Fsp3) is 0.579. The zero-order chi connectivity index (χ0) is 18.4. The molecule has 26 heavy (non-hydrogen) atoms. The Morgan fingerprint density at radius 3 is 2.38 bits per heavy atom. The van der Waals surface area contributed by atoms with Crippen LogP contribution in [0.25, 0.3) is 0 Å². The number of hydrogen-bond donors (Lipinski definition) is 2. The summed E-state index contributed by atoms with van der Waals surface area (Å²) in [7, 11) is 1.61. The molecule has 1 aromatic carbocycles. The highest BCUT2D eigenvalue weighted by Crippen LogP contribution is 2.34. The zero-order valence-corrected chi connectivity index (χ0v) is 15.1. The summed E-state index contributed by atoms with van der Waals surface area (Å²) in [5.74, 6) is 1.35. The van der Waals surface area contributed by atoms with E-state index in [1.807, 2.05) is 12.1 Å². The van der Waals surface area contributed by atoms with Gasteiger partial charge in [0, 0.05) is 37.2 Å². The van der Waals surface area contributed by atoms with E-state index in [0.29, 0.717) is 43.6 Å². The van der Waals surface area contributed by atoms with Gasteiger partial charge in [-0.25, -0.2) is 0 Å². The molecule has 2 aliphatic rings. The highest BCUT2D eigenvalue weighted by Gasteiger charge is 2.30. The minimum absolute atomic E-state index is 0.0000750. The first-order chi connectivity index (χ1) is 12.7. The van der Waals surface area contributed by atoms with Crippen LogP contribution in [-0.4, -0.2) is 45.3 Å². The van der Waals surface area contributed by atoms with E-state index in [0.717, 1.165) is 25.7 Å². The van der Waals surface area contributed by atoms with Crippen molar-refractivity contribution in [1.82, 2.24) is 5.32 Å². The van der Waals surface area contributed by atoms with Crippen LogP contribution >= 0.6 is 0 Å². The Hall–Kier alpha value is -2.28. The molecule has 2 N–H and O–H groups in total. The molecule has 142 valence electrons. The number of methoxy groups -OCH3 is 1. The molecule has 3 rings (SSSR count).